The number of aliphatic hydroxyl groups is 1. The van der Waals surface area contributed by atoms with Crippen molar-refractivity contribution in [3.63, 3.8) is 0 Å². The van der Waals surface area contributed by atoms with Crippen LogP contribution in [0.2, 0.25) is 0 Å². The van der Waals surface area contributed by atoms with Crippen molar-refractivity contribution in [1.82, 2.24) is 5.32 Å². The fourth-order valence-electron chi connectivity index (χ4n) is 7.47. The van der Waals surface area contributed by atoms with E-state index in [1.807, 2.05) is 6.92 Å². The van der Waals surface area contributed by atoms with Crippen molar-refractivity contribution in [2.24, 2.45) is 34.5 Å². The highest BCUT2D eigenvalue weighted by atomic mass is 16.5. The van der Waals surface area contributed by atoms with Crippen LogP contribution >= 0.6 is 0 Å². The average molecular weight is 378 g/mol. The zero-order valence-corrected chi connectivity index (χ0v) is 17.0. The van der Waals surface area contributed by atoms with Crippen LogP contribution in [0.5, 0.6) is 0 Å². The molecular formula is C22H35NO4. The molecule has 5 nitrogen and oxygen atoms in total. The molecule has 0 spiro atoms. The molecule has 1 heterocycles. The van der Waals surface area contributed by atoms with Gasteiger partial charge in [-0.25, -0.2) is 0 Å². The summed E-state index contributed by atoms with van der Waals surface area (Å²) in [4.78, 5) is 24.5. The minimum atomic E-state index is -0.219. The maximum atomic E-state index is 12.4. The lowest BCUT2D eigenvalue weighted by atomic mass is 9.45. The van der Waals surface area contributed by atoms with Crippen LogP contribution in [-0.4, -0.2) is 35.7 Å². The van der Waals surface area contributed by atoms with Gasteiger partial charge in [-0.2, -0.15) is 0 Å². The van der Waals surface area contributed by atoms with Gasteiger partial charge in [-0.05, 0) is 80.0 Å². The number of aliphatic hydroxyl groups excluding tert-OH is 1. The lowest BCUT2D eigenvalue weighted by Crippen LogP contribution is -2.63. The van der Waals surface area contributed by atoms with E-state index in [9.17, 15) is 14.7 Å². The van der Waals surface area contributed by atoms with Crippen LogP contribution in [0.25, 0.3) is 0 Å². The van der Waals surface area contributed by atoms with Crippen LogP contribution in [0.3, 0.4) is 0 Å². The Labute approximate surface area is 162 Å². The fourth-order valence-corrected chi connectivity index (χ4v) is 7.47. The molecule has 0 unspecified atom stereocenters. The maximum Gasteiger partial charge on any atom is 0.306 e. The molecule has 152 valence electrons. The standard InChI is InChI=1S/C22H35NO4/c1-4-27-19(26)12-13-11-16-21(2,10-8-18(25)23-16)15-7-9-22(3)14(20(13)15)5-6-17(22)24/h13-17,20,24H,4-12H2,1-3H3,(H,23,25)/t13-,14+,15+,16-,17+,20+,21-,22+/m1/s1. The molecule has 8 atom stereocenters. The van der Waals surface area contributed by atoms with Crippen LogP contribution < -0.4 is 5.32 Å². The van der Waals surface area contributed by atoms with E-state index in [1.54, 1.807) is 0 Å². The molecule has 5 heteroatoms. The van der Waals surface area contributed by atoms with Crippen LogP contribution in [0.1, 0.15) is 72.1 Å². The van der Waals surface area contributed by atoms with Gasteiger partial charge in [0, 0.05) is 18.9 Å². The molecule has 1 amide bonds. The van der Waals surface area contributed by atoms with Gasteiger partial charge in [-0.3, -0.25) is 9.59 Å². The first-order chi connectivity index (χ1) is 12.8. The molecule has 0 aromatic rings. The van der Waals surface area contributed by atoms with Gasteiger partial charge in [0.15, 0.2) is 0 Å². The highest BCUT2D eigenvalue weighted by Crippen LogP contribution is 2.65. The maximum absolute atomic E-state index is 12.4. The number of esters is 1. The van der Waals surface area contributed by atoms with E-state index in [1.165, 1.54) is 0 Å². The van der Waals surface area contributed by atoms with Gasteiger partial charge in [0.2, 0.25) is 5.91 Å². The SMILES string of the molecule is CCOC(=O)C[C@H]1C[C@H]2NC(=O)CC[C@]2(C)[C@H]2CC[C@]3(C)[C@@H](O)CC[C@H]3[C@H]12. The van der Waals surface area contributed by atoms with Crippen LogP contribution in [-0.2, 0) is 14.3 Å². The molecule has 3 aliphatic carbocycles. The number of fused-ring (bicyclic) bond motifs is 5. The Morgan fingerprint density at radius 1 is 1.19 bits per heavy atom. The molecule has 0 bridgehead atoms. The molecule has 27 heavy (non-hydrogen) atoms. The van der Waals surface area contributed by atoms with Gasteiger partial charge >= 0.3 is 5.97 Å². The Hall–Kier alpha value is -1.10. The minimum Gasteiger partial charge on any atom is -0.466 e. The summed E-state index contributed by atoms with van der Waals surface area (Å²) >= 11 is 0. The molecule has 0 aromatic carbocycles. The number of carbonyl (C=O) groups excluding carboxylic acids is 2. The third-order valence-corrected chi connectivity index (χ3v) is 8.97. The average Bonchev–Trinajstić information content (AvgIpc) is 2.92. The number of rotatable bonds is 3. The summed E-state index contributed by atoms with van der Waals surface area (Å²) < 4.78 is 5.29. The summed E-state index contributed by atoms with van der Waals surface area (Å²) in [6.45, 7) is 6.90. The molecule has 1 aliphatic heterocycles. The third kappa shape index (κ3) is 2.92. The van der Waals surface area contributed by atoms with E-state index in [-0.39, 0.29) is 40.8 Å². The number of hydrogen-bond acceptors (Lipinski definition) is 4. The Kier molecular flexibility index (Phi) is 4.81. The Morgan fingerprint density at radius 2 is 1.93 bits per heavy atom. The van der Waals surface area contributed by atoms with E-state index in [4.69, 9.17) is 4.74 Å². The van der Waals surface area contributed by atoms with Gasteiger partial charge in [0.25, 0.3) is 0 Å². The second kappa shape index (κ2) is 6.75. The van der Waals surface area contributed by atoms with E-state index < -0.39 is 0 Å². The van der Waals surface area contributed by atoms with Crippen molar-refractivity contribution in [2.75, 3.05) is 6.61 Å². The molecule has 1 saturated heterocycles. The lowest BCUT2D eigenvalue weighted by molar-refractivity contribution is -0.158. The summed E-state index contributed by atoms with van der Waals surface area (Å²) in [6.07, 6.45) is 6.75. The first-order valence-corrected chi connectivity index (χ1v) is 10.9. The first kappa shape index (κ1) is 19.2. The van der Waals surface area contributed by atoms with Crippen LogP contribution in [0, 0.1) is 34.5 Å². The molecule has 4 fully saturated rings. The van der Waals surface area contributed by atoms with Gasteiger partial charge < -0.3 is 15.2 Å². The number of ether oxygens (including phenoxy) is 1. The molecule has 4 rings (SSSR count). The number of carbonyl (C=O) groups is 2. The van der Waals surface area contributed by atoms with Crippen LogP contribution in [0.4, 0.5) is 0 Å². The van der Waals surface area contributed by atoms with Crippen molar-refractivity contribution in [2.45, 2.75) is 84.3 Å². The van der Waals surface area contributed by atoms with Crippen LogP contribution in [0.15, 0.2) is 0 Å². The predicted octanol–water partition coefficient (Wildman–Crippen LogP) is 3.05. The smallest absolute Gasteiger partial charge is 0.306 e. The topological polar surface area (TPSA) is 75.6 Å². The lowest BCUT2D eigenvalue weighted by Gasteiger charge is -2.62. The Bertz CT molecular complexity index is 621. The normalized spacial score (nSPS) is 48.8. The van der Waals surface area contributed by atoms with Crippen molar-refractivity contribution in [3.8, 4) is 0 Å². The third-order valence-electron chi connectivity index (χ3n) is 8.97. The Balaban J connectivity index is 1.68. The van der Waals surface area contributed by atoms with Crippen molar-refractivity contribution in [1.29, 1.82) is 0 Å². The molecule has 2 N–H and O–H groups in total. The second-order valence-corrected chi connectivity index (χ2v) is 10.1. The van der Waals surface area contributed by atoms with E-state index >= 15 is 0 Å². The second-order valence-electron chi connectivity index (χ2n) is 10.1. The minimum absolute atomic E-state index is 0.0187. The van der Waals surface area contributed by atoms with E-state index in [0.717, 1.165) is 38.5 Å². The van der Waals surface area contributed by atoms with E-state index in [2.05, 4.69) is 19.2 Å². The number of piperidine rings is 1. The number of hydrogen-bond donors (Lipinski definition) is 2. The van der Waals surface area contributed by atoms with Gasteiger partial charge in [0.1, 0.15) is 0 Å². The zero-order valence-electron chi connectivity index (χ0n) is 17.0. The number of nitrogens with one attached hydrogen (secondary N) is 1. The first-order valence-electron chi connectivity index (χ1n) is 10.9. The highest BCUT2D eigenvalue weighted by molar-refractivity contribution is 5.77. The monoisotopic (exact) mass is 377 g/mol. The molecule has 4 aliphatic rings. The quantitative estimate of drug-likeness (QED) is 0.741. The summed E-state index contributed by atoms with van der Waals surface area (Å²) in [5.41, 5.74) is 0.0911. The fraction of sp³-hybridized carbons (Fsp3) is 0.909. The molecule has 0 radical (unpaired) electrons. The van der Waals surface area contributed by atoms with Gasteiger partial charge in [0.05, 0.1) is 12.7 Å². The Morgan fingerprint density at radius 3 is 2.67 bits per heavy atom. The van der Waals surface area contributed by atoms with Crippen molar-refractivity contribution < 1.29 is 19.4 Å². The highest BCUT2D eigenvalue weighted by Gasteiger charge is 2.62. The molecule has 0 aromatic heterocycles. The predicted molar refractivity (Wildman–Crippen MR) is 102 cm³/mol. The number of amides is 1. The summed E-state index contributed by atoms with van der Waals surface area (Å²) in [7, 11) is 0. The molecular weight excluding hydrogens is 342 g/mol. The molecule has 3 saturated carbocycles. The largest absolute Gasteiger partial charge is 0.466 e. The van der Waals surface area contributed by atoms with Crippen molar-refractivity contribution >= 4 is 11.9 Å². The zero-order chi connectivity index (χ0) is 19.4. The van der Waals surface area contributed by atoms with Gasteiger partial charge in [-0.15, -0.1) is 0 Å². The summed E-state index contributed by atoms with van der Waals surface area (Å²) in [5, 5.41) is 14.0. The summed E-state index contributed by atoms with van der Waals surface area (Å²) in [5.74, 6) is 1.71. The van der Waals surface area contributed by atoms with Crippen molar-refractivity contribution in [3.05, 3.63) is 0 Å². The van der Waals surface area contributed by atoms with E-state index in [0.29, 0.717) is 37.2 Å². The van der Waals surface area contributed by atoms with Gasteiger partial charge in [-0.1, -0.05) is 13.8 Å². The summed E-state index contributed by atoms with van der Waals surface area (Å²) in [6, 6.07) is 0.162.